The molecule has 0 saturated carbocycles. The predicted molar refractivity (Wildman–Crippen MR) is 111 cm³/mol. The number of carbonyl (C=O) groups is 2. The van der Waals surface area contributed by atoms with Gasteiger partial charge in [0.05, 0.1) is 16.9 Å². The van der Waals surface area contributed by atoms with Gasteiger partial charge in [0.1, 0.15) is 23.8 Å². The van der Waals surface area contributed by atoms with Crippen molar-refractivity contribution in [1.29, 1.82) is 0 Å². The van der Waals surface area contributed by atoms with Gasteiger partial charge >= 0.3 is 0 Å². The van der Waals surface area contributed by atoms with Crippen molar-refractivity contribution >= 4 is 29.2 Å². The Morgan fingerprint density at radius 2 is 2.03 bits per heavy atom. The second kappa shape index (κ2) is 8.46. The molecule has 8 nitrogen and oxygen atoms in total. The molecule has 2 aromatic heterocycles. The number of anilines is 1. The molecule has 0 unspecified atom stereocenters. The summed E-state index contributed by atoms with van der Waals surface area (Å²) < 4.78 is 33.3. The van der Waals surface area contributed by atoms with E-state index in [1.807, 2.05) is 0 Å². The van der Waals surface area contributed by atoms with Crippen molar-refractivity contribution in [2.75, 3.05) is 11.9 Å². The average molecular weight is 460 g/mol. The molecule has 0 saturated heterocycles. The lowest BCUT2D eigenvalue weighted by Gasteiger charge is -2.23. The van der Waals surface area contributed by atoms with Crippen molar-refractivity contribution in [3.8, 4) is 17.0 Å². The van der Waals surface area contributed by atoms with Gasteiger partial charge in [-0.15, -0.1) is 0 Å². The first-order chi connectivity index (χ1) is 15.3. The third-order valence-corrected chi connectivity index (χ3v) is 5.14. The fourth-order valence-electron chi connectivity index (χ4n) is 3.24. The van der Waals surface area contributed by atoms with Crippen LogP contribution in [0.4, 0.5) is 14.6 Å². The summed E-state index contributed by atoms with van der Waals surface area (Å²) in [5.41, 5.74) is -0.189. The van der Waals surface area contributed by atoms with Crippen LogP contribution in [0.1, 0.15) is 17.5 Å². The van der Waals surface area contributed by atoms with Gasteiger partial charge in [-0.2, -0.15) is 0 Å². The Bertz CT molecular complexity index is 1230. The van der Waals surface area contributed by atoms with E-state index in [4.69, 9.17) is 16.3 Å². The van der Waals surface area contributed by atoms with E-state index in [1.54, 1.807) is 19.1 Å². The maximum Gasteiger partial charge on any atom is 0.289 e. The van der Waals surface area contributed by atoms with Crippen LogP contribution >= 0.6 is 11.6 Å². The molecule has 0 fully saturated rings. The van der Waals surface area contributed by atoms with Crippen LogP contribution in [0, 0.1) is 11.6 Å². The van der Waals surface area contributed by atoms with Crippen molar-refractivity contribution in [3.63, 3.8) is 0 Å². The first-order valence-corrected chi connectivity index (χ1v) is 9.82. The molecule has 1 aliphatic rings. The molecular weight excluding hydrogens is 444 g/mol. The first-order valence-electron chi connectivity index (χ1n) is 9.44. The number of nitrogens with one attached hydrogen (secondary N) is 1. The van der Waals surface area contributed by atoms with Gasteiger partial charge < -0.3 is 10.1 Å². The van der Waals surface area contributed by atoms with Gasteiger partial charge in [-0.05, 0) is 31.2 Å². The zero-order valence-corrected chi connectivity index (χ0v) is 17.6. The Kier molecular flexibility index (Phi) is 5.70. The Labute approximate surface area is 186 Å². The van der Waals surface area contributed by atoms with E-state index < -0.39 is 35.6 Å². The largest absolute Gasteiger partial charge is 0.484 e. The van der Waals surface area contributed by atoms with Crippen LogP contribution in [0.3, 0.4) is 0 Å². The molecule has 3 heterocycles. The third kappa shape index (κ3) is 3.96. The summed E-state index contributed by atoms with van der Waals surface area (Å²) in [6.07, 6.45) is 1.91. The highest BCUT2D eigenvalue weighted by atomic mass is 35.5. The maximum absolute atomic E-state index is 14.2. The van der Waals surface area contributed by atoms with Crippen molar-refractivity contribution in [2.45, 2.75) is 19.1 Å². The number of hydrogen-bond donors (Lipinski definition) is 1. The molecule has 0 aliphatic carbocycles. The lowest BCUT2D eigenvalue weighted by Crippen LogP contribution is -2.53. The molecule has 2 amide bonds. The number of halogens is 3. The van der Waals surface area contributed by atoms with Crippen LogP contribution in [-0.4, -0.2) is 46.0 Å². The van der Waals surface area contributed by atoms with Crippen LogP contribution in [0.15, 0.2) is 42.7 Å². The summed E-state index contributed by atoms with van der Waals surface area (Å²) in [4.78, 5) is 39.2. The number of likely N-dealkylation sites (N-methyl/N-ethyl adjacent to an activating group) is 1. The second-order valence-corrected chi connectivity index (χ2v) is 7.42. The predicted octanol–water partition coefficient (Wildman–Crippen LogP) is 3.01. The van der Waals surface area contributed by atoms with Crippen LogP contribution in [0.25, 0.3) is 11.3 Å². The van der Waals surface area contributed by atoms with Gasteiger partial charge in [-0.3, -0.25) is 14.5 Å². The van der Waals surface area contributed by atoms with Crippen LogP contribution in [-0.2, 0) is 4.79 Å². The Morgan fingerprint density at radius 3 is 2.78 bits per heavy atom. The summed E-state index contributed by atoms with van der Waals surface area (Å²) in [6, 6.07) is 5.13. The summed E-state index contributed by atoms with van der Waals surface area (Å²) in [7, 11) is 1.52. The number of amides is 2. The fourth-order valence-corrected chi connectivity index (χ4v) is 3.43. The van der Waals surface area contributed by atoms with Crippen molar-refractivity contribution in [2.24, 2.45) is 0 Å². The fraction of sp³-hybridized carbons (Fsp3) is 0.190. The first kappa shape index (κ1) is 21.6. The Morgan fingerprint density at radius 1 is 1.25 bits per heavy atom. The van der Waals surface area contributed by atoms with Crippen LogP contribution in [0.2, 0.25) is 5.02 Å². The highest BCUT2D eigenvalue weighted by molar-refractivity contribution is 6.33. The molecular formula is C21H16ClF2N5O3. The summed E-state index contributed by atoms with van der Waals surface area (Å²) in [6.45, 7) is 1.63. The molecule has 1 N–H and O–H groups in total. The van der Waals surface area contributed by atoms with Gasteiger partial charge in [-0.1, -0.05) is 11.6 Å². The number of aromatic nitrogens is 3. The van der Waals surface area contributed by atoms with Crippen molar-refractivity contribution in [1.82, 2.24) is 20.3 Å². The smallest absolute Gasteiger partial charge is 0.289 e. The third-order valence-electron chi connectivity index (χ3n) is 4.87. The van der Waals surface area contributed by atoms with Gasteiger partial charge in [0.25, 0.3) is 11.8 Å². The highest BCUT2D eigenvalue weighted by Crippen LogP contribution is 2.30. The van der Waals surface area contributed by atoms with Gasteiger partial charge in [-0.25, -0.2) is 23.7 Å². The standard InChI is InChI=1S/C21H16ClF2N5O3/c1-10-16(21(31)29(2)19-15(32-10)4-3-7-25-19)28-20(30)18-26-9-13(22)17(27-18)12-6-5-11(23)8-14(12)24/h3-10,16H,1-2H3,(H,28,30)/t10-,16+/m1/s1. The van der Waals surface area contributed by atoms with E-state index in [2.05, 4.69) is 20.3 Å². The molecule has 4 rings (SSSR count). The summed E-state index contributed by atoms with van der Waals surface area (Å²) in [5, 5.41) is 2.53. The van der Waals surface area contributed by atoms with Gasteiger partial charge in [0, 0.05) is 24.9 Å². The molecule has 1 aliphatic heterocycles. The van der Waals surface area contributed by atoms with E-state index in [0.717, 1.165) is 18.3 Å². The average Bonchev–Trinajstić information content (AvgIpc) is 2.85. The van der Waals surface area contributed by atoms with E-state index in [9.17, 15) is 18.4 Å². The normalized spacial score (nSPS) is 17.9. The number of benzene rings is 1. The molecule has 1 aromatic carbocycles. The molecule has 2 atom stereocenters. The van der Waals surface area contributed by atoms with E-state index in [-0.39, 0.29) is 22.1 Å². The lowest BCUT2D eigenvalue weighted by atomic mass is 10.1. The minimum absolute atomic E-state index is 0.0319. The minimum Gasteiger partial charge on any atom is -0.484 e. The molecule has 164 valence electrons. The van der Waals surface area contributed by atoms with Gasteiger partial charge in [0.15, 0.2) is 11.6 Å². The topological polar surface area (TPSA) is 97.3 Å². The molecule has 0 radical (unpaired) electrons. The molecule has 0 spiro atoms. The maximum atomic E-state index is 14.2. The number of ether oxygens (including phenoxy) is 1. The molecule has 0 bridgehead atoms. The Balaban J connectivity index is 1.62. The summed E-state index contributed by atoms with van der Waals surface area (Å²) in [5.74, 6) is -2.56. The number of carbonyl (C=O) groups excluding carboxylic acids is 2. The zero-order chi connectivity index (χ0) is 23.0. The number of pyridine rings is 1. The van der Waals surface area contributed by atoms with Crippen LogP contribution in [0.5, 0.6) is 5.75 Å². The molecule has 3 aromatic rings. The van der Waals surface area contributed by atoms with E-state index in [1.165, 1.54) is 18.1 Å². The number of fused-ring (bicyclic) bond motifs is 1. The Hall–Kier alpha value is -3.66. The molecule has 11 heteroatoms. The number of hydrogen-bond acceptors (Lipinski definition) is 6. The summed E-state index contributed by atoms with van der Waals surface area (Å²) >= 11 is 6.07. The van der Waals surface area contributed by atoms with Gasteiger partial charge in [0.2, 0.25) is 5.82 Å². The highest BCUT2D eigenvalue weighted by Gasteiger charge is 2.37. The van der Waals surface area contributed by atoms with E-state index >= 15 is 0 Å². The lowest BCUT2D eigenvalue weighted by molar-refractivity contribution is -0.121. The minimum atomic E-state index is -1.08. The SMILES string of the molecule is C[C@H]1Oc2cccnc2N(C)C(=O)[C@H]1NC(=O)c1ncc(Cl)c(-c2ccc(F)cc2F)n1. The van der Waals surface area contributed by atoms with E-state index in [0.29, 0.717) is 17.6 Å². The quantitative estimate of drug-likeness (QED) is 0.646. The van der Waals surface area contributed by atoms with Crippen LogP contribution < -0.4 is 15.0 Å². The number of rotatable bonds is 3. The second-order valence-electron chi connectivity index (χ2n) is 7.01. The zero-order valence-electron chi connectivity index (χ0n) is 16.8. The van der Waals surface area contributed by atoms with Crippen molar-refractivity contribution in [3.05, 3.63) is 65.2 Å². The van der Waals surface area contributed by atoms with Crippen molar-refractivity contribution < 1.29 is 23.1 Å². The molecule has 32 heavy (non-hydrogen) atoms. The number of nitrogens with zero attached hydrogens (tertiary/aromatic N) is 4. The monoisotopic (exact) mass is 459 g/mol.